The van der Waals surface area contributed by atoms with Crippen LogP contribution in [0, 0.1) is 10.1 Å². The molecule has 2 rings (SSSR count). The van der Waals surface area contributed by atoms with E-state index >= 15 is 0 Å². The van der Waals surface area contributed by atoms with Gasteiger partial charge >= 0.3 is 5.97 Å². The molecular formula is C14H15N3O4S. The maximum Gasteiger partial charge on any atom is 0.319 e. The number of aryl methyl sites for hydroxylation is 1. The first-order valence-corrected chi connectivity index (χ1v) is 7.38. The van der Waals surface area contributed by atoms with Crippen LogP contribution in [0.15, 0.2) is 41.7 Å². The van der Waals surface area contributed by atoms with Crippen molar-refractivity contribution in [1.29, 1.82) is 0 Å². The van der Waals surface area contributed by atoms with Gasteiger partial charge in [0.05, 0.1) is 23.1 Å². The zero-order chi connectivity index (χ0) is 16.1. The van der Waals surface area contributed by atoms with Crippen molar-refractivity contribution in [3.05, 3.63) is 52.6 Å². The highest BCUT2D eigenvalue weighted by Gasteiger charge is 2.17. The second-order valence-electron chi connectivity index (χ2n) is 4.61. The van der Waals surface area contributed by atoms with E-state index in [0.717, 1.165) is 10.6 Å². The van der Waals surface area contributed by atoms with Crippen molar-refractivity contribution in [3.8, 4) is 0 Å². The molecule has 1 heterocycles. The summed E-state index contributed by atoms with van der Waals surface area (Å²) in [5, 5.41) is 10.2. The molecule has 116 valence electrons. The summed E-state index contributed by atoms with van der Waals surface area (Å²) in [4.78, 5) is 26.8. The number of nitro benzene ring substituents is 1. The van der Waals surface area contributed by atoms with E-state index in [-0.39, 0.29) is 18.3 Å². The highest BCUT2D eigenvalue weighted by molar-refractivity contribution is 8.00. The van der Waals surface area contributed by atoms with Crippen molar-refractivity contribution in [2.24, 2.45) is 7.05 Å². The number of ether oxygens (including phenoxy) is 1. The fourth-order valence-corrected chi connectivity index (χ4v) is 2.55. The van der Waals surface area contributed by atoms with Gasteiger partial charge in [-0.3, -0.25) is 14.9 Å². The van der Waals surface area contributed by atoms with Crippen LogP contribution in [0.3, 0.4) is 0 Å². The number of non-ortho nitro benzene ring substituents is 1. The standard InChI is InChI=1S/C14H15N3O4S/c1-10(14(18)21-8-12-7-15-9-16(12)2)22-13-5-3-11(4-6-13)17(19)20/h3-7,9-10H,8H2,1-2H3. The number of hydrogen-bond donors (Lipinski definition) is 0. The summed E-state index contributed by atoms with van der Waals surface area (Å²) in [6, 6.07) is 6.06. The largest absolute Gasteiger partial charge is 0.458 e. The number of nitrogens with zero attached hydrogens (tertiary/aromatic N) is 3. The lowest BCUT2D eigenvalue weighted by Gasteiger charge is -2.11. The Morgan fingerprint density at radius 3 is 2.68 bits per heavy atom. The summed E-state index contributed by atoms with van der Waals surface area (Å²) in [7, 11) is 1.82. The third-order valence-electron chi connectivity index (χ3n) is 2.97. The molecule has 0 fully saturated rings. The van der Waals surface area contributed by atoms with Gasteiger partial charge in [0.2, 0.25) is 0 Å². The van der Waals surface area contributed by atoms with Gasteiger partial charge in [0.15, 0.2) is 0 Å². The van der Waals surface area contributed by atoms with Crippen molar-refractivity contribution in [3.63, 3.8) is 0 Å². The van der Waals surface area contributed by atoms with E-state index in [0.29, 0.717) is 0 Å². The molecule has 8 heteroatoms. The Balaban J connectivity index is 1.88. The van der Waals surface area contributed by atoms with Crippen molar-refractivity contribution in [2.75, 3.05) is 0 Å². The summed E-state index contributed by atoms with van der Waals surface area (Å²) in [5.41, 5.74) is 0.830. The van der Waals surface area contributed by atoms with Gasteiger partial charge in [0, 0.05) is 24.1 Å². The monoisotopic (exact) mass is 321 g/mol. The molecule has 1 aromatic carbocycles. The number of imidazole rings is 1. The predicted molar refractivity (Wildman–Crippen MR) is 81.4 cm³/mol. The minimum Gasteiger partial charge on any atom is -0.458 e. The van der Waals surface area contributed by atoms with Gasteiger partial charge < -0.3 is 9.30 Å². The third kappa shape index (κ3) is 4.08. The second-order valence-corrected chi connectivity index (χ2v) is 6.03. The van der Waals surface area contributed by atoms with E-state index in [4.69, 9.17) is 4.74 Å². The van der Waals surface area contributed by atoms with E-state index in [2.05, 4.69) is 4.98 Å². The first kappa shape index (κ1) is 16.0. The van der Waals surface area contributed by atoms with Crippen LogP contribution in [0.2, 0.25) is 0 Å². The summed E-state index contributed by atoms with van der Waals surface area (Å²) < 4.78 is 7.01. The zero-order valence-electron chi connectivity index (χ0n) is 12.1. The van der Waals surface area contributed by atoms with E-state index in [1.807, 2.05) is 7.05 Å². The van der Waals surface area contributed by atoms with E-state index < -0.39 is 10.2 Å². The van der Waals surface area contributed by atoms with Crippen LogP contribution in [0.5, 0.6) is 0 Å². The molecule has 0 aliphatic carbocycles. The van der Waals surface area contributed by atoms with Gasteiger partial charge in [0.25, 0.3) is 5.69 Å². The average Bonchev–Trinajstić information content (AvgIpc) is 2.90. The Hall–Kier alpha value is -2.35. The van der Waals surface area contributed by atoms with Gasteiger partial charge in [0.1, 0.15) is 11.9 Å². The fourth-order valence-electron chi connectivity index (χ4n) is 1.68. The number of rotatable bonds is 6. The molecule has 1 unspecified atom stereocenters. The number of carbonyl (C=O) groups is 1. The minimum atomic E-state index is -0.458. The number of benzene rings is 1. The number of aromatic nitrogens is 2. The van der Waals surface area contributed by atoms with E-state index in [1.165, 1.54) is 23.9 Å². The van der Waals surface area contributed by atoms with Gasteiger partial charge in [-0.05, 0) is 19.1 Å². The van der Waals surface area contributed by atoms with Crippen LogP contribution in [0.25, 0.3) is 0 Å². The molecule has 0 radical (unpaired) electrons. The number of thioether (sulfide) groups is 1. The molecule has 2 aromatic rings. The molecule has 0 bridgehead atoms. The maximum absolute atomic E-state index is 11.9. The number of nitro groups is 1. The second kappa shape index (κ2) is 7.08. The highest BCUT2D eigenvalue weighted by atomic mass is 32.2. The molecule has 0 spiro atoms. The lowest BCUT2D eigenvalue weighted by molar-refractivity contribution is -0.384. The summed E-state index contributed by atoms with van der Waals surface area (Å²) >= 11 is 1.29. The molecule has 1 atom stereocenters. The summed E-state index contributed by atoms with van der Waals surface area (Å²) in [6.45, 7) is 1.90. The van der Waals surface area contributed by atoms with Gasteiger partial charge in [-0.2, -0.15) is 0 Å². The molecule has 22 heavy (non-hydrogen) atoms. The molecule has 0 aliphatic rings. The molecule has 0 saturated carbocycles. The predicted octanol–water partition coefficient (Wildman–Crippen LogP) is 2.55. The molecular weight excluding hydrogens is 306 g/mol. The van der Waals surface area contributed by atoms with Gasteiger partial charge in [-0.1, -0.05) is 0 Å². The lowest BCUT2D eigenvalue weighted by atomic mass is 10.3. The van der Waals surface area contributed by atoms with Crippen LogP contribution in [0.1, 0.15) is 12.6 Å². The number of carbonyl (C=O) groups excluding carboxylic acids is 1. The van der Waals surface area contributed by atoms with Crippen molar-refractivity contribution < 1.29 is 14.5 Å². The van der Waals surface area contributed by atoms with Crippen molar-refractivity contribution >= 4 is 23.4 Å². The molecule has 0 amide bonds. The molecule has 7 nitrogen and oxygen atoms in total. The van der Waals surface area contributed by atoms with Crippen LogP contribution < -0.4 is 0 Å². The van der Waals surface area contributed by atoms with Crippen molar-refractivity contribution in [2.45, 2.75) is 23.7 Å². The lowest BCUT2D eigenvalue weighted by Crippen LogP contribution is -2.17. The quantitative estimate of drug-likeness (QED) is 0.352. The van der Waals surface area contributed by atoms with Crippen molar-refractivity contribution in [1.82, 2.24) is 9.55 Å². The van der Waals surface area contributed by atoms with Gasteiger partial charge in [-0.25, -0.2) is 4.98 Å². The smallest absolute Gasteiger partial charge is 0.319 e. The molecule has 0 saturated heterocycles. The summed E-state index contributed by atoms with van der Waals surface area (Å²) in [6.07, 6.45) is 3.28. The van der Waals surface area contributed by atoms with E-state index in [1.54, 1.807) is 36.1 Å². The van der Waals surface area contributed by atoms with Crippen LogP contribution in [-0.2, 0) is 23.2 Å². The average molecular weight is 321 g/mol. The van der Waals surface area contributed by atoms with Gasteiger partial charge in [-0.15, -0.1) is 11.8 Å². The topological polar surface area (TPSA) is 87.3 Å². The minimum absolute atomic E-state index is 0.0239. The Kier molecular flexibility index (Phi) is 5.16. The maximum atomic E-state index is 11.9. The first-order chi connectivity index (χ1) is 10.5. The fraction of sp³-hybridized carbons (Fsp3) is 0.286. The molecule has 0 N–H and O–H groups in total. The normalized spacial score (nSPS) is 11.9. The Morgan fingerprint density at radius 2 is 2.14 bits per heavy atom. The van der Waals surface area contributed by atoms with Crippen LogP contribution >= 0.6 is 11.8 Å². The number of esters is 1. The molecule has 1 aromatic heterocycles. The zero-order valence-corrected chi connectivity index (χ0v) is 12.9. The highest BCUT2D eigenvalue weighted by Crippen LogP contribution is 2.26. The third-order valence-corrected chi connectivity index (χ3v) is 4.06. The Labute approximate surface area is 131 Å². The molecule has 0 aliphatic heterocycles. The van der Waals surface area contributed by atoms with Crippen LogP contribution in [-0.4, -0.2) is 25.7 Å². The Morgan fingerprint density at radius 1 is 1.45 bits per heavy atom. The Bertz CT molecular complexity index is 669. The van der Waals surface area contributed by atoms with Crippen LogP contribution in [0.4, 0.5) is 5.69 Å². The van der Waals surface area contributed by atoms with E-state index in [9.17, 15) is 14.9 Å². The first-order valence-electron chi connectivity index (χ1n) is 6.50. The SMILES string of the molecule is CC(Sc1ccc([N+](=O)[O-])cc1)C(=O)OCc1cncn1C. The summed E-state index contributed by atoms with van der Waals surface area (Å²) in [5.74, 6) is -0.343. The number of hydrogen-bond acceptors (Lipinski definition) is 6.